The smallest absolute Gasteiger partial charge is 0.199 e. The zero-order valence-corrected chi connectivity index (χ0v) is 28.8. The maximum absolute atomic E-state index is 13.8. The maximum Gasteiger partial charge on any atom is 0.199 e. The van der Waals surface area contributed by atoms with Crippen molar-refractivity contribution in [1.82, 2.24) is 0 Å². The average Bonchev–Trinajstić information content (AvgIpc) is 3.02. The van der Waals surface area contributed by atoms with Crippen molar-refractivity contribution in [2.75, 3.05) is 13.2 Å². The minimum Gasteiger partial charge on any atom is -0.493 e. The van der Waals surface area contributed by atoms with Crippen LogP contribution in [0.4, 0.5) is 0 Å². The van der Waals surface area contributed by atoms with Gasteiger partial charge in [0.1, 0.15) is 11.5 Å². The summed E-state index contributed by atoms with van der Waals surface area (Å²) < 4.78 is 12.3. The minimum absolute atomic E-state index is 0.146. The van der Waals surface area contributed by atoms with Crippen LogP contribution >= 0.6 is 23.2 Å². The van der Waals surface area contributed by atoms with E-state index in [0.29, 0.717) is 24.7 Å². The van der Waals surface area contributed by atoms with Gasteiger partial charge in [-0.2, -0.15) is 0 Å². The molecule has 0 saturated heterocycles. The molecule has 0 amide bonds. The second-order valence-corrected chi connectivity index (χ2v) is 13.1. The van der Waals surface area contributed by atoms with Gasteiger partial charge in [-0.3, -0.25) is 9.59 Å². The zero-order chi connectivity index (χ0) is 31.6. The van der Waals surface area contributed by atoms with E-state index in [1.165, 1.54) is 103 Å². The number of hydrogen-bond acceptors (Lipinski definition) is 4. The van der Waals surface area contributed by atoms with Gasteiger partial charge in [-0.05, 0) is 37.1 Å². The second-order valence-electron chi connectivity index (χ2n) is 12.3. The van der Waals surface area contributed by atoms with Crippen LogP contribution in [0.15, 0.2) is 24.3 Å². The van der Waals surface area contributed by atoms with Gasteiger partial charge < -0.3 is 9.47 Å². The highest BCUT2D eigenvalue weighted by atomic mass is 35.5. The summed E-state index contributed by atoms with van der Waals surface area (Å²) in [5, 5.41) is 0.427. The van der Waals surface area contributed by atoms with Gasteiger partial charge in [0.05, 0.1) is 45.5 Å². The Labute approximate surface area is 276 Å². The Morgan fingerprint density at radius 2 is 0.727 bits per heavy atom. The van der Waals surface area contributed by atoms with Gasteiger partial charge >= 0.3 is 0 Å². The van der Waals surface area contributed by atoms with E-state index in [2.05, 4.69) is 13.8 Å². The third-order valence-electron chi connectivity index (χ3n) is 8.65. The topological polar surface area (TPSA) is 52.6 Å². The maximum atomic E-state index is 13.8. The van der Waals surface area contributed by atoms with E-state index in [9.17, 15) is 9.59 Å². The zero-order valence-electron chi connectivity index (χ0n) is 27.3. The van der Waals surface area contributed by atoms with E-state index < -0.39 is 0 Å². The number of rotatable bonds is 24. The Balaban J connectivity index is 1.57. The summed E-state index contributed by atoms with van der Waals surface area (Å²) in [5.41, 5.74) is 0.762. The number of carbonyl (C=O) groups is 2. The number of hydrogen-bond donors (Lipinski definition) is 0. The van der Waals surface area contributed by atoms with Crippen LogP contribution in [0.3, 0.4) is 0 Å². The lowest BCUT2D eigenvalue weighted by molar-refractivity contribution is 0.0972. The number of unbranched alkanes of at least 4 members (excludes halogenated alkanes) is 18. The lowest BCUT2D eigenvalue weighted by Crippen LogP contribution is -2.24. The van der Waals surface area contributed by atoms with Crippen LogP contribution in [0.5, 0.6) is 11.5 Å². The molecule has 3 rings (SSSR count). The van der Waals surface area contributed by atoms with Crippen LogP contribution in [-0.2, 0) is 0 Å². The molecule has 0 atom stereocenters. The van der Waals surface area contributed by atoms with Crippen molar-refractivity contribution in [2.24, 2.45) is 0 Å². The standard InChI is InChI=1S/C38H54Cl2O4/c1-3-5-7-9-11-13-15-17-19-21-27-43-31-25-26-32(44-28-22-20-18-16-14-12-10-8-6-4-2)36-35(31)37(41)33-29(39)23-24-30(40)34(33)38(36)42/h23-26H,3-22,27-28H2,1-2H3. The molecule has 0 heterocycles. The fraction of sp³-hybridized carbons (Fsp3) is 0.632. The van der Waals surface area contributed by atoms with E-state index >= 15 is 0 Å². The average molecular weight is 646 g/mol. The SMILES string of the molecule is CCCCCCCCCCCCOc1ccc(OCCCCCCCCCCCC)c2c1C(=O)c1c(Cl)ccc(Cl)c1C2=O. The molecule has 1 aliphatic carbocycles. The summed E-state index contributed by atoms with van der Waals surface area (Å²) in [6.07, 6.45) is 24.6. The molecule has 0 bridgehead atoms. The molecule has 2 aromatic carbocycles. The van der Waals surface area contributed by atoms with Crippen molar-refractivity contribution in [3.63, 3.8) is 0 Å². The summed E-state index contributed by atoms with van der Waals surface area (Å²) in [6, 6.07) is 6.65. The lowest BCUT2D eigenvalue weighted by atomic mass is 9.83. The molecule has 2 aromatic rings. The van der Waals surface area contributed by atoms with Crippen molar-refractivity contribution in [3.8, 4) is 11.5 Å². The Morgan fingerprint density at radius 3 is 1.05 bits per heavy atom. The van der Waals surface area contributed by atoms with Gasteiger partial charge in [0.25, 0.3) is 0 Å². The fourth-order valence-electron chi connectivity index (χ4n) is 6.04. The van der Waals surface area contributed by atoms with Gasteiger partial charge in [0, 0.05) is 0 Å². The summed E-state index contributed by atoms with van der Waals surface area (Å²) in [5.74, 6) is 0.124. The van der Waals surface area contributed by atoms with Crippen LogP contribution in [0.25, 0.3) is 0 Å². The molecular formula is C38H54Cl2O4. The van der Waals surface area contributed by atoms with Crippen molar-refractivity contribution < 1.29 is 19.1 Å². The molecule has 1 aliphatic rings. The van der Waals surface area contributed by atoms with Gasteiger partial charge in [0.15, 0.2) is 11.6 Å². The third-order valence-corrected chi connectivity index (χ3v) is 9.28. The van der Waals surface area contributed by atoms with Gasteiger partial charge in [-0.15, -0.1) is 0 Å². The molecule has 0 aromatic heterocycles. The van der Waals surface area contributed by atoms with E-state index in [-0.39, 0.29) is 43.9 Å². The molecule has 6 heteroatoms. The number of ketones is 2. The van der Waals surface area contributed by atoms with Crippen LogP contribution in [0, 0.1) is 0 Å². The molecule has 0 saturated carbocycles. The molecule has 44 heavy (non-hydrogen) atoms. The highest BCUT2D eigenvalue weighted by molar-refractivity contribution is 6.44. The van der Waals surface area contributed by atoms with Gasteiger partial charge in [-0.25, -0.2) is 0 Å². The van der Waals surface area contributed by atoms with Crippen LogP contribution in [0.1, 0.15) is 174 Å². The fourth-order valence-corrected chi connectivity index (χ4v) is 6.53. The third kappa shape index (κ3) is 11.1. The molecule has 0 fully saturated rings. The predicted molar refractivity (Wildman–Crippen MR) is 184 cm³/mol. The highest BCUT2D eigenvalue weighted by Gasteiger charge is 2.38. The Kier molecular flexibility index (Phi) is 17.3. The summed E-state index contributed by atoms with van der Waals surface area (Å²) in [6.45, 7) is 5.47. The molecule has 0 aliphatic heterocycles. The first-order valence-electron chi connectivity index (χ1n) is 17.5. The van der Waals surface area contributed by atoms with Crippen LogP contribution in [0.2, 0.25) is 10.0 Å². The number of ether oxygens (including phenoxy) is 2. The largest absolute Gasteiger partial charge is 0.493 e. The molecule has 0 spiro atoms. The first-order chi connectivity index (χ1) is 21.5. The van der Waals surface area contributed by atoms with E-state index in [1.54, 1.807) is 24.3 Å². The van der Waals surface area contributed by atoms with Crippen LogP contribution in [-0.4, -0.2) is 24.8 Å². The number of benzene rings is 2. The quantitative estimate of drug-likeness (QED) is 0.0910. The summed E-state index contributed by atoms with van der Waals surface area (Å²) in [7, 11) is 0. The van der Waals surface area contributed by atoms with E-state index in [0.717, 1.165) is 25.7 Å². The molecule has 0 N–H and O–H groups in total. The lowest BCUT2D eigenvalue weighted by Gasteiger charge is -2.24. The van der Waals surface area contributed by atoms with E-state index in [1.807, 2.05) is 0 Å². The Morgan fingerprint density at radius 1 is 0.432 bits per heavy atom. The van der Waals surface area contributed by atoms with Crippen LogP contribution < -0.4 is 9.47 Å². The Hall–Kier alpha value is -2.04. The van der Waals surface area contributed by atoms with Gasteiger partial charge in [0.2, 0.25) is 0 Å². The second kappa shape index (κ2) is 20.9. The molecular weight excluding hydrogens is 591 g/mol. The first kappa shape index (κ1) is 36.4. The number of fused-ring (bicyclic) bond motifs is 2. The van der Waals surface area contributed by atoms with Crippen molar-refractivity contribution >= 4 is 34.8 Å². The summed E-state index contributed by atoms with van der Waals surface area (Å²) >= 11 is 12.9. The normalized spacial score (nSPS) is 12.4. The highest BCUT2D eigenvalue weighted by Crippen LogP contribution is 2.42. The molecule has 0 radical (unpaired) electrons. The monoisotopic (exact) mass is 644 g/mol. The summed E-state index contributed by atoms with van der Waals surface area (Å²) in [4.78, 5) is 27.7. The van der Waals surface area contributed by atoms with Crippen molar-refractivity contribution in [3.05, 3.63) is 56.6 Å². The number of carbonyl (C=O) groups excluding carboxylic acids is 2. The van der Waals surface area contributed by atoms with Gasteiger partial charge in [-0.1, -0.05) is 153 Å². The number of halogens is 2. The molecule has 244 valence electrons. The minimum atomic E-state index is -0.343. The first-order valence-corrected chi connectivity index (χ1v) is 18.3. The predicted octanol–water partition coefficient (Wildman–Crippen LogP) is 12.4. The Bertz CT molecular complexity index is 1090. The molecule has 4 nitrogen and oxygen atoms in total. The van der Waals surface area contributed by atoms with Crippen molar-refractivity contribution in [1.29, 1.82) is 0 Å². The van der Waals surface area contributed by atoms with Crippen molar-refractivity contribution in [2.45, 2.75) is 142 Å². The molecule has 0 unspecified atom stereocenters. The van der Waals surface area contributed by atoms with E-state index in [4.69, 9.17) is 32.7 Å².